The molecule has 1 saturated carbocycles. The summed E-state index contributed by atoms with van der Waals surface area (Å²) in [5, 5.41) is 10.3. The molecule has 1 aromatic carbocycles. The van der Waals surface area contributed by atoms with Crippen molar-refractivity contribution in [2.45, 2.75) is 44.8 Å². The van der Waals surface area contributed by atoms with Crippen molar-refractivity contribution >= 4 is 5.97 Å². The Kier molecular flexibility index (Phi) is 4.02. The Morgan fingerprint density at radius 2 is 2.17 bits per heavy atom. The maximum Gasteiger partial charge on any atom is 0.308 e. The number of ether oxygens (including phenoxy) is 1. The van der Waals surface area contributed by atoms with E-state index in [1.807, 2.05) is 37.3 Å². The average molecular weight is 248 g/mol. The molecule has 0 radical (unpaired) electrons. The molecule has 18 heavy (non-hydrogen) atoms. The van der Waals surface area contributed by atoms with E-state index in [0.717, 1.165) is 19.3 Å². The fraction of sp³-hybridized carbons (Fsp3) is 0.533. The highest BCUT2D eigenvalue weighted by atomic mass is 16.7. The molecule has 1 aliphatic carbocycles. The van der Waals surface area contributed by atoms with Gasteiger partial charge >= 0.3 is 5.97 Å². The molecule has 0 spiro atoms. The summed E-state index contributed by atoms with van der Waals surface area (Å²) in [6, 6.07) is 10.0. The Morgan fingerprint density at radius 1 is 1.44 bits per heavy atom. The lowest BCUT2D eigenvalue weighted by Crippen LogP contribution is -2.51. The molecule has 1 aliphatic rings. The Hall–Kier alpha value is -1.35. The van der Waals surface area contributed by atoms with Crippen molar-refractivity contribution in [2.75, 3.05) is 0 Å². The predicted octanol–water partition coefficient (Wildman–Crippen LogP) is 2.67. The third kappa shape index (κ3) is 2.91. The fourth-order valence-corrected chi connectivity index (χ4v) is 2.34. The molecule has 2 unspecified atom stereocenters. The summed E-state index contributed by atoms with van der Waals surface area (Å²) < 4.78 is 5.22. The van der Waals surface area contributed by atoms with E-state index in [9.17, 15) is 9.90 Å². The van der Waals surface area contributed by atoms with E-state index in [0.29, 0.717) is 12.8 Å². The molecule has 1 aromatic rings. The van der Waals surface area contributed by atoms with Crippen LogP contribution in [0.5, 0.6) is 0 Å². The van der Waals surface area contributed by atoms with Crippen LogP contribution in [0.2, 0.25) is 0 Å². The number of hydrogen-bond acceptors (Lipinski definition) is 3. The van der Waals surface area contributed by atoms with Gasteiger partial charge < -0.3 is 9.84 Å². The number of aliphatic hydroxyl groups is 1. The molecule has 2 atom stereocenters. The molecular weight excluding hydrogens is 228 g/mol. The third-order valence-electron chi connectivity index (χ3n) is 3.56. The van der Waals surface area contributed by atoms with E-state index < -0.39 is 5.79 Å². The van der Waals surface area contributed by atoms with Crippen LogP contribution in [0, 0.1) is 5.92 Å². The summed E-state index contributed by atoms with van der Waals surface area (Å²) in [5.74, 6) is -1.50. The molecule has 0 saturated heterocycles. The van der Waals surface area contributed by atoms with E-state index in [2.05, 4.69) is 0 Å². The Bertz CT molecular complexity index is 401. The molecule has 1 fully saturated rings. The van der Waals surface area contributed by atoms with E-state index in [4.69, 9.17) is 4.74 Å². The molecule has 1 N–H and O–H groups in total. The Labute approximate surface area is 108 Å². The van der Waals surface area contributed by atoms with Crippen LogP contribution in [0.3, 0.4) is 0 Å². The number of benzene rings is 1. The lowest BCUT2D eigenvalue weighted by atomic mass is 9.74. The normalized spacial score (nSPS) is 26.4. The topological polar surface area (TPSA) is 46.5 Å². The standard InChI is InChI=1S/C15H20O3/c1-2-6-14(16)18-15(17)10-9-13(15)11-12-7-4-3-5-8-12/h3-5,7-8,13,17H,2,6,9-11H2,1H3. The zero-order valence-electron chi connectivity index (χ0n) is 10.8. The average Bonchev–Trinajstić information content (AvgIpc) is 2.36. The highest BCUT2D eigenvalue weighted by Crippen LogP contribution is 2.41. The Morgan fingerprint density at radius 3 is 2.72 bits per heavy atom. The number of carbonyl (C=O) groups is 1. The predicted molar refractivity (Wildman–Crippen MR) is 68.8 cm³/mol. The molecule has 3 heteroatoms. The van der Waals surface area contributed by atoms with Gasteiger partial charge in [0.05, 0.1) is 0 Å². The molecule has 0 aromatic heterocycles. The van der Waals surface area contributed by atoms with Crippen LogP contribution >= 0.6 is 0 Å². The van der Waals surface area contributed by atoms with Crippen molar-refractivity contribution in [3.05, 3.63) is 35.9 Å². The quantitative estimate of drug-likeness (QED) is 0.643. The molecule has 0 heterocycles. The highest BCUT2D eigenvalue weighted by Gasteiger charge is 2.48. The zero-order chi connectivity index (χ0) is 13.0. The molecule has 0 aliphatic heterocycles. The van der Waals surface area contributed by atoms with Crippen LogP contribution in [0.15, 0.2) is 30.3 Å². The van der Waals surface area contributed by atoms with Gasteiger partial charge in [0.15, 0.2) is 0 Å². The third-order valence-corrected chi connectivity index (χ3v) is 3.56. The second kappa shape index (κ2) is 5.53. The van der Waals surface area contributed by atoms with Gasteiger partial charge in [-0.2, -0.15) is 0 Å². The van der Waals surface area contributed by atoms with Crippen LogP contribution in [0.4, 0.5) is 0 Å². The smallest absolute Gasteiger partial charge is 0.308 e. The largest absolute Gasteiger partial charge is 0.433 e. The second-order valence-electron chi connectivity index (χ2n) is 4.99. The van der Waals surface area contributed by atoms with Gasteiger partial charge in [0, 0.05) is 18.8 Å². The van der Waals surface area contributed by atoms with Crippen molar-refractivity contribution in [1.82, 2.24) is 0 Å². The van der Waals surface area contributed by atoms with Crippen LogP contribution in [0.1, 0.15) is 38.2 Å². The first-order valence-corrected chi connectivity index (χ1v) is 6.62. The van der Waals surface area contributed by atoms with Crippen molar-refractivity contribution in [3.63, 3.8) is 0 Å². The molecular formula is C15H20O3. The van der Waals surface area contributed by atoms with Gasteiger partial charge in [-0.1, -0.05) is 37.3 Å². The maximum absolute atomic E-state index is 11.5. The van der Waals surface area contributed by atoms with Crippen molar-refractivity contribution < 1.29 is 14.6 Å². The van der Waals surface area contributed by atoms with E-state index in [-0.39, 0.29) is 11.9 Å². The summed E-state index contributed by atoms with van der Waals surface area (Å²) in [6.07, 6.45) is 3.35. The van der Waals surface area contributed by atoms with Gasteiger partial charge in [-0.3, -0.25) is 4.79 Å². The van der Waals surface area contributed by atoms with E-state index in [1.54, 1.807) is 0 Å². The minimum Gasteiger partial charge on any atom is -0.433 e. The van der Waals surface area contributed by atoms with Gasteiger partial charge in [-0.25, -0.2) is 0 Å². The highest BCUT2D eigenvalue weighted by molar-refractivity contribution is 5.69. The summed E-state index contributed by atoms with van der Waals surface area (Å²) >= 11 is 0. The minimum absolute atomic E-state index is 0.0284. The second-order valence-corrected chi connectivity index (χ2v) is 4.99. The lowest BCUT2D eigenvalue weighted by Gasteiger charge is -2.44. The van der Waals surface area contributed by atoms with Crippen LogP contribution < -0.4 is 0 Å². The zero-order valence-corrected chi connectivity index (χ0v) is 10.8. The van der Waals surface area contributed by atoms with Gasteiger partial charge in [0.1, 0.15) is 0 Å². The first kappa shape index (κ1) is 13.1. The van der Waals surface area contributed by atoms with Gasteiger partial charge in [-0.15, -0.1) is 0 Å². The van der Waals surface area contributed by atoms with Gasteiger partial charge in [0.25, 0.3) is 0 Å². The SMILES string of the molecule is CCCC(=O)OC1(O)CCC1Cc1ccccc1. The molecule has 0 amide bonds. The van der Waals surface area contributed by atoms with Gasteiger partial charge in [-0.05, 0) is 24.8 Å². The number of rotatable bonds is 5. The first-order valence-electron chi connectivity index (χ1n) is 6.62. The summed E-state index contributed by atoms with van der Waals surface area (Å²) in [4.78, 5) is 11.5. The monoisotopic (exact) mass is 248 g/mol. The first-order chi connectivity index (χ1) is 8.64. The summed E-state index contributed by atoms with van der Waals surface area (Å²) in [7, 11) is 0. The minimum atomic E-state index is -1.23. The molecule has 98 valence electrons. The molecule has 3 nitrogen and oxygen atoms in total. The Balaban J connectivity index is 1.92. The van der Waals surface area contributed by atoms with Crippen molar-refractivity contribution in [2.24, 2.45) is 5.92 Å². The van der Waals surface area contributed by atoms with E-state index >= 15 is 0 Å². The van der Waals surface area contributed by atoms with Crippen LogP contribution in [0.25, 0.3) is 0 Å². The lowest BCUT2D eigenvalue weighted by molar-refractivity contribution is -0.270. The van der Waals surface area contributed by atoms with Crippen LogP contribution in [-0.2, 0) is 16.0 Å². The van der Waals surface area contributed by atoms with E-state index in [1.165, 1.54) is 5.56 Å². The number of carbonyl (C=O) groups excluding carboxylic acids is 1. The van der Waals surface area contributed by atoms with Crippen molar-refractivity contribution in [3.8, 4) is 0 Å². The van der Waals surface area contributed by atoms with Gasteiger partial charge in [0.2, 0.25) is 5.79 Å². The molecule has 2 rings (SSSR count). The van der Waals surface area contributed by atoms with Crippen molar-refractivity contribution in [1.29, 1.82) is 0 Å². The fourth-order valence-electron chi connectivity index (χ4n) is 2.34. The van der Waals surface area contributed by atoms with Crippen LogP contribution in [-0.4, -0.2) is 16.9 Å². The summed E-state index contributed by atoms with van der Waals surface area (Å²) in [5.41, 5.74) is 1.17. The molecule has 0 bridgehead atoms. The number of hydrogen-bond donors (Lipinski definition) is 1. The summed E-state index contributed by atoms with van der Waals surface area (Å²) in [6.45, 7) is 1.92. The number of esters is 1. The maximum atomic E-state index is 11.5.